The molecule has 0 aromatic rings. The first-order valence-electron chi connectivity index (χ1n) is 4.28. The molecule has 2 rings (SSSR count). The quantitative estimate of drug-likeness (QED) is 0.473. The number of carbonyl (C=O) groups excluding carboxylic acids is 2. The molecule has 0 spiro atoms. The van der Waals surface area contributed by atoms with Gasteiger partial charge in [-0.15, -0.1) is 11.6 Å². The average Bonchev–Trinajstić information content (AvgIpc) is 2.41. The van der Waals surface area contributed by atoms with Gasteiger partial charge in [-0.2, -0.15) is 0 Å². The maximum absolute atomic E-state index is 11.4. The van der Waals surface area contributed by atoms with Gasteiger partial charge in [0, 0.05) is 11.8 Å². The van der Waals surface area contributed by atoms with Crippen LogP contribution in [0.5, 0.6) is 0 Å². The van der Waals surface area contributed by atoms with E-state index in [4.69, 9.17) is 11.6 Å². The third kappa shape index (κ3) is 0.766. The average molecular weight is 203 g/mol. The van der Waals surface area contributed by atoms with Crippen LogP contribution in [0.3, 0.4) is 0 Å². The lowest BCUT2D eigenvalue weighted by molar-refractivity contribution is -0.143. The van der Waals surface area contributed by atoms with Crippen molar-refractivity contribution in [2.75, 3.05) is 7.11 Å². The molecule has 2 aliphatic rings. The highest BCUT2D eigenvalue weighted by Gasteiger charge is 2.83. The van der Waals surface area contributed by atoms with E-state index in [2.05, 4.69) is 4.74 Å². The van der Waals surface area contributed by atoms with Gasteiger partial charge in [-0.05, 0) is 6.42 Å². The number of fused-ring (bicyclic) bond motifs is 1. The van der Waals surface area contributed by atoms with E-state index in [1.807, 2.05) is 6.92 Å². The van der Waals surface area contributed by atoms with Gasteiger partial charge in [0.05, 0.1) is 13.0 Å². The van der Waals surface area contributed by atoms with Gasteiger partial charge >= 0.3 is 5.97 Å². The molecule has 0 aromatic heterocycles. The fourth-order valence-electron chi connectivity index (χ4n) is 2.56. The van der Waals surface area contributed by atoms with E-state index >= 15 is 0 Å². The van der Waals surface area contributed by atoms with E-state index in [1.54, 1.807) is 0 Å². The number of Topliss-reactive ketones (excluding diaryl/α,β-unsaturated/α-hetero) is 1. The van der Waals surface area contributed by atoms with Crippen LogP contribution in [0.15, 0.2) is 0 Å². The number of hydrogen-bond acceptors (Lipinski definition) is 3. The van der Waals surface area contributed by atoms with Crippen molar-refractivity contribution >= 4 is 23.4 Å². The Bertz CT molecular complexity index is 301. The summed E-state index contributed by atoms with van der Waals surface area (Å²) in [5, 5.41) is 0. The highest BCUT2D eigenvalue weighted by atomic mass is 35.5. The molecule has 0 N–H and O–H groups in total. The van der Waals surface area contributed by atoms with Crippen LogP contribution >= 0.6 is 11.6 Å². The van der Waals surface area contributed by atoms with Gasteiger partial charge in [0.15, 0.2) is 4.87 Å². The second-order valence-corrected chi connectivity index (χ2v) is 4.62. The molecule has 2 aliphatic carbocycles. The van der Waals surface area contributed by atoms with Crippen molar-refractivity contribution in [3.63, 3.8) is 0 Å². The zero-order valence-electron chi connectivity index (χ0n) is 7.59. The summed E-state index contributed by atoms with van der Waals surface area (Å²) >= 11 is 6.10. The molecular weight excluding hydrogens is 192 g/mol. The van der Waals surface area contributed by atoms with Crippen molar-refractivity contribution in [3.05, 3.63) is 0 Å². The van der Waals surface area contributed by atoms with Crippen LogP contribution in [-0.4, -0.2) is 23.7 Å². The van der Waals surface area contributed by atoms with Gasteiger partial charge < -0.3 is 4.74 Å². The molecule has 0 unspecified atom stereocenters. The summed E-state index contributed by atoms with van der Waals surface area (Å²) in [6.07, 6.45) is 1.25. The number of rotatable bonds is 1. The molecule has 0 aromatic carbocycles. The molecule has 0 aliphatic heterocycles. The second-order valence-electron chi connectivity index (χ2n) is 4.02. The van der Waals surface area contributed by atoms with Crippen LogP contribution in [-0.2, 0) is 14.3 Å². The van der Waals surface area contributed by atoms with Gasteiger partial charge in [0.1, 0.15) is 5.78 Å². The molecule has 2 fully saturated rings. The lowest BCUT2D eigenvalue weighted by Crippen LogP contribution is -2.28. The first-order chi connectivity index (χ1) is 5.98. The number of methoxy groups -OCH3 is 1. The molecule has 2 saturated carbocycles. The monoisotopic (exact) mass is 202 g/mol. The first kappa shape index (κ1) is 9.00. The minimum Gasteiger partial charge on any atom is -0.468 e. The largest absolute Gasteiger partial charge is 0.468 e. The summed E-state index contributed by atoms with van der Waals surface area (Å²) in [5.74, 6) is -0.674. The van der Waals surface area contributed by atoms with Crippen LogP contribution in [0, 0.1) is 11.3 Å². The molecule has 72 valence electrons. The van der Waals surface area contributed by atoms with Gasteiger partial charge in [0.2, 0.25) is 0 Å². The zero-order chi connectivity index (χ0) is 9.85. The third-order valence-electron chi connectivity index (χ3n) is 3.48. The topological polar surface area (TPSA) is 43.4 Å². The Morgan fingerprint density at radius 1 is 1.69 bits per heavy atom. The zero-order valence-corrected chi connectivity index (χ0v) is 8.35. The van der Waals surface area contributed by atoms with Crippen molar-refractivity contribution in [2.45, 2.75) is 24.6 Å². The number of ketones is 1. The van der Waals surface area contributed by atoms with Crippen molar-refractivity contribution < 1.29 is 14.3 Å². The van der Waals surface area contributed by atoms with Crippen LogP contribution in [0.25, 0.3) is 0 Å². The first-order valence-corrected chi connectivity index (χ1v) is 4.66. The molecule has 3 nitrogen and oxygen atoms in total. The third-order valence-corrected chi connectivity index (χ3v) is 4.28. The molecule has 0 bridgehead atoms. The summed E-state index contributed by atoms with van der Waals surface area (Å²) in [6.45, 7) is 1.88. The van der Waals surface area contributed by atoms with Gasteiger partial charge in [0.25, 0.3) is 0 Å². The summed E-state index contributed by atoms with van der Waals surface area (Å²) < 4.78 is 4.60. The van der Waals surface area contributed by atoms with Gasteiger partial charge in [-0.3, -0.25) is 9.59 Å². The predicted molar refractivity (Wildman–Crippen MR) is 46.4 cm³/mol. The Morgan fingerprint density at radius 3 is 2.69 bits per heavy atom. The summed E-state index contributed by atoms with van der Waals surface area (Å²) in [7, 11) is 1.30. The van der Waals surface area contributed by atoms with E-state index < -0.39 is 10.8 Å². The Kier molecular flexibility index (Phi) is 1.57. The summed E-state index contributed by atoms with van der Waals surface area (Å²) in [4.78, 5) is 21.7. The van der Waals surface area contributed by atoms with Crippen molar-refractivity contribution in [3.8, 4) is 0 Å². The fraction of sp³-hybridized carbons (Fsp3) is 0.778. The Morgan fingerprint density at radius 2 is 2.31 bits per heavy atom. The van der Waals surface area contributed by atoms with Gasteiger partial charge in [-0.1, -0.05) is 6.92 Å². The van der Waals surface area contributed by atoms with E-state index in [0.29, 0.717) is 12.8 Å². The van der Waals surface area contributed by atoms with E-state index in [1.165, 1.54) is 7.11 Å². The second kappa shape index (κ2) is 2.27. The smallest absolute Gasteiger partial charge is 0.328 e. The molecule has 0 saturated heterocycles. The molecule has 0 heterocycles. The Balaban J connectivity index is 2.31. The molecule has 3 atom stereocenters. The van der Waals surface area contributed by atoms with Gasteiger partial charge in [-0.25, -0.2) is 0 Å². The minimum absolute atomic E-state index is 0.0999. The SMILES string of the molecule is COC(=O)[C@]1(Cl)[C@H]2C(=O)CC[C@]21C. The number of esters is 1. The Labute approximate surface area is 81.4 Å². The van der Waals surface area contributed by atoms with E-state index in [0.717, 1.165) is 0 Å². The lowest BCUT2D eigenvalue weighted by atomic mass is 10.0. The van der Waals surface area contributed by atoms with Crippen LogP contribution in [0.2, 0.25) is 0 Å². The highest BCUT2D eigenvalue weighted by Crippen LogP contribution is 2.73. The van der Waals surface area contributed by atoms with Crippen LogP contribution < -0.4 is 0 Å². The molecule has 0 amide bonds. The maximum atomic E-state index is 11.4. The number of alkyl halides is 1. The summed E-state index contributed by atoms with van der Waals surface area (Å²) in [6, 6.07) is 0. The van der Waals surface area contributed by atoms with E-state index in [9.17, 15) is 9.59 Å². The predicted octanol–water partition coefficient (Wildman–Crippen LogP) is 1.14. The number of hydrogen-bond donors (Lipinski definition) is 0. The normalized spacial score (nSPS) is 47.3. The maximum Gasteiger partial charge on any atom is 0.328 e. The molecule has 13 heavy (non-hydrogen) atoms. The molecular formula is C9H11ClO3. The van der Waals surface area contributed by atoms with Crippen LogP contribution in [0.1, 0.15) is 19.8 Å². The fourth-order valence-corrected chi connectivity index (χ4v) is 3.15. The lowest BCUT2D eigenvalue weighted by Gasteiger charge is -2.13. The summed E-state index contributed by atoms with van der Waals surface area (Å²) in [5.41, 5.74) is -0.348. The minimum atomic E-state index is -1.06. The van der Waals surface area contributed by atoms with E-state index in [-0.39, 0.29) is 17.1 Å². The molecule has 0 radical (unpaired) electrons. The van der Waals surface area contributed by atoms with Crippen molar-refractivity contribution in [2.24, 2.45) is 11.3 Å². The number of halogens is 1. The van der Waals surface area contributed by atoms with Crippen LogP contribution in [0.4, 0.5) is 0 Å². The standard InChI is InChI=1S/C9H11ClO3/c1-8-4-3-5(11)6(8)9(8,10)7(12)13-2/h6H,3-4H2,1-2H3/t6-,8+,9+/m0/s1. The Hall–Kier alpha value is -0.570. The highest BCUT2D eigenvalue weighted by molar-refractivity contribution is 6.40. The van der Waals surface area contributed by atoms with Crippen molar-refractivity contribution in [1.29, 1.82) is 0 Å². The number of carbonyl (C=O) groups is 2. The molecule has 4 heteroatoms. The van der Waals surface area contributed by atoms with Crippen molar-refractivity contribution in [1.82, 2.24) is 0 Å². The number of ether oxygens (including phenoxy) is 1.